The van der Waals surface area contributed by atoms with Gasteiger partial charge in [0.15, 0.2) is 16.6 Å². The van der Waals surface area contributed by atoms with E-state index < -0.39 is 0 Å². The highest BCUT2D eigenvalue weighted by molar-refractivity contribution is 7.80. The maximum Gasteiger partial charge on any atom is 0.309 e. The van der Waals surface area contributed by atoms with Crippen molar-refractivity contribution in [1.29, 1.82) is 0 Å². The lowest BCUT2D eigenvalue weighted by Gasteiger charge is -2.36. The summed E-state index contributed by atoms with van der Waals surface area (Å²) in [5.41, 5.74) is 2.90. The number of esters is 1. The molecule has 9 heteroatoms. The monoisotopic (exact) mass is 473 g/mol. The summed E-state index contributed by atoms with van der Waals surface area (Å²) in [6, 6.07) is 11.6. The second-order valence-electron chi connectivity index (χ2n) is 7.68. The highest BCUT2D eigenvalue weighted by Gasteiger charge is 2.21. The van der Waals surface area contributed by atoms with Crippen LogP contribution in [0.5, 0.6) is 17.2 Å². The van der Waals surface area contributed by atoms with Crippen LogP contribution >= 0.6 is 12.2 Å². The molecule has 0 radical (unpaired) electrons. The fraction of sp³-hybridized carbons (Fsp3) is 0.417. The third-order valence-corrected chi connectivity index (χ3v) is 5.93. The molecule has 1 fully saturated rings. The van der Waals surface area contributed by atoms with Gasteiger partial charge in [-0.1, -0.05) is 12.1 Å². The van der Waals surface area contributed by atoms with Gasteiger partial charge >= 0.3 is 5.97 Å². The smallest absolute Gasteiger partial charge is 0.309 e. The van der Waals surface area contributed by atoms with Crippen molar-refractivity contribution in [2.24, 2.45) is 0 Å². The van der Waals surface area contributed by atoms with Crippen LogP contribution in [0.4, 0.5) is 5.69 Å². The Morgan fingerprint density at radius 3 is 2.03 bits per heavy atom. The normalized spacial score (nSPS) is 13.9. The molecule has 8 nitrogen and oxygen atoms in total. The first kappa shape index (κ1) is 24.6. The van der Waals surface area contributed by atoms with E-state index in [9.17, 15) is 4.79 Å². The number of thiocarbonyl (C=S) groups is 1. The van der Waals surface area contributed by atoms with E-state index in [4.69, 9.17) is 31.2 Å². The van der Waals surface area contributed by atoms with Crippen LogP contribution in [-0.4, -0.2) is 75.5 Å². The number of nitrogens with zero attached hydrogens (tertiary/aromatic N) is 2. The fourth-order valence-electron chi connectivity index (χ4n) is 3.74. The van der Waals surface area contributed by atoms with Gasteiger partial charge in [-0.3, -0.25) is 9.69 Å². The molecular weight excluding hydrogens is 442 g/mol. The van der Waals surface area contributed by atoms with Gasteiger partial charge in [0.1, 0.15) is 0 Å². The topological polar surface area (TPSA) is 72.5 Å². The highest BCUT2D eigenvalue weighted by Crippen LogP contribution is 2.38. The third-order valence-electron chi connectivity index (χ3n) is 5.57. The number of benzene rings is 2. The molecule has 0 saturated carbocycles. The minimum Gasteiger partial charge on any atom is -0.493 e. The summed E-state index contributed by atoms with van der Waals surface area (Å²) < 4.78 is 21.0. The molecule has 178 valence electrons. The number of rotatable bonds is 8. The average molecular weight is 474 g/mol. The Balaban J connectivity index is 1.52. The van der Waals surface area contributed by atoms with E-state index in [2.05, 4.69) is 15.1 Å². The highest BCUT2D eigenvalue weighted by atomic mass is 32.1. The number of anilines is 1. The molecule has 2 aromatic carbocycles. The van der Waals surface area contributed by atoms with E-state index in [1.807, 2.05) is 36.4 Å². The van der Waals surface area contributed by atoms with Crippen molar-refractivity contribution in [1.82, 2.24) is 9.80 Å². The van der Waals surface area contributed by atoms with Crippen LogP contribution in [-0.2, 0) is 22.5 Å². The van der Waals surface area contributed by atoms with E-state index in [-0.39, 0.29) is 12.4 Å². The van der Waals surface area contributed by atoms with Crippen LogP contribution in [0.25, 0.3) is 0 Å². The van der Waals surface area contributed by atoms with Crippen LogP contribution in [0, 0.1) is 0 Å². The molecular formula is C24H31N3O5S. The summed E-state index contributed by atoms with van der Waals surface area (Å²) in [6.45, 7) is 4.22. The number of piperazine rings is 1. The first-order valence-electron chi connectivity index (χ1n) is 10.7. The lowest BCUT2D eigenvalue weighted by atomic mass is 10.1. The zero-order chi connectivity index (χ0) is 23.8. The Morgan fingerprint density at radius 1 is 0.909 bits per heavy atom. The predicted octanol–water partition coefficient (Wildman–Crippen LogP) is 2.94. The van der Waals surface area contributed by atoms with Crippen LogP contribution in [0.1, 0.15) is 11.1 Å². The molecule has 0 bridgehead atoms. The Hall–Kier alpha value is -3.04. The summed E-state index contributed by atoms with van der Waals surface area (Å²) in [5.74, 6) is 1.67. The summed E-state index contributed by atoms with van der Waals surface area (Å²) in [5, 5.41) is 3.99. The SMILES string of the molecule is COC(=O)Cc1ccc(NC(=S)N2CCN(Cc3cc(OC)c(OC)c(OC)c3)CC2)cc1. The number of hydrogen-bond acceptors (Lipinski definition) is 7. The lowest BCUT2D eigenvalue weighted by molar-refractivity contribution is -0.139. The van der Waals surface area contributed by atoms with Gasteiger partial charge in [0.25, 0.3) is 0 Å². The molecule has 2 aromatic rings. The molecule has 0 aliphatic carbocycles. The maximum atomic E-state index is 11.4. The van der Waals surface area contributed by atoms with Gasteiger partial charge in [0.05, 0.1) is 34.9 Å². The van der Waals surface area contributed by atoms with Crippen molar-refractivity contribution >= 4 is 29.0 Å². The summed E-state index contributed by atoms with van der Waals surface area (Å²) in [7, 11) is 6.25. The predicted molar refractivity (Wildman–Crippen MR) is 131 cm³/mol. The largest absolute Gasteiger partial charge is 0.493 e. The number of methoxy groups -OCH3 is 4. The van der Waals surface area contributed by atoms with Crippen molar-refractivity contribution in [3.8, 4) is 17.2 Å². The second-order valence-corrected chi connectivity index (χ2v) is 8.06. The second kappa shape index (κ2) is 11.7. The van der Waals surface area contributed by atoms with Crippen molar-refractivity contribution in [2.75, 3.05) is 59.9 Å². The molecule has 0 amide bonds. The van der Waals surface area contributed by atoms with Crippen LogP contribution < -0.4 is 19.5 Å². The molecule has 0 unspecified atom stereocenters. The Bertz CT molecular complexity index is 934. The molecule has 1 saturated heterocycles. The summed E-state index contributed by atoms with van der Waals surface area (Å²) >= 11 is 5.61. The van der Waals surface area contributed by atoms with Crippen LogP contribution in [0.2, 0.25) is 0 Å². The van der Waals surface area contributed by atoms with Gasteiger partial charge in [-0.15, -0.1) is 0 Å². The Labute approximate surface area is 200 Å². The van der Waals surface area contributed by atoms with Crippen molar-refractivity contribution < 1.29 is 23.7 Å². The molecule has 33 heavy (non-hydrogen) atoms. The lowest BCUT2D eigenvalue weighted by Crippen LogP contribution is -2.49. The summed E-state index contributed by atoms with van der Waals surface area (Å²) in [6.07, 6.45) is 0.259. The van der Waals surface area contributed by atoms with E-state index in [1.165, 1.54) is 7.11 Å². The zero-order valence-electron chi connectivity index (χ0n) is 19.6. The number of hydrogen-bond donors (Lipinski definition) is 1. The fourth-order valence-corrected chi connectivity index (χ4v) is 4.04. The molecule has 1 aliphatic rings. The number of ether oxygens (including phenoxy) is 4. The first-order chi connectivity index (χ1) is 16.0. The number of carbonyl (C=O) groups excluding carboxylic acids is 1. The van der Waals surface area contributed by atoms with Crippen LogP contribution in [0.3, 0.4) is 0 Å². The van der Waals surface area contributed by atoms with Gasteiger partial charge < -0.3 is 29.2 Å². The van der Waals surface area contributed by atoms with E-state index >= 15 is 0 Å². The number of carbonyl (C=O) groups is 1. The molecule has 1 aliphatic heterocycles. The molecule has 1 N–H and O–H groups in total. The number of nitrogens with one attached hydrogen (secondary N) is 1. The molecule has 0 atom stereocenters. The maximum absolute atomic E-state index is 11.4. The first-order valence-corrected chi connectivity index (χ1v) is 11.1. The van der Waals surface area contributed by atoms with Crippen molar-refractivity contribution in [3.05, 3.63) is 47.5 Å². The summed E-state index contributed by atoms with van der Waals surface area (Å²) in [4.78, 5) is 15.9. The van der Waals surface area contributed by atoms with E-state index in [0.29, 0.717) is 22.4 Å². The Kier molecular flexibility index (Phi) is 8.73. The van der Waals surface area contributed by atoms with Crippen molar-refractivity contribution in [3.63, 3.8) is 0 Å². The van der Waals surface area contributed by atoms with Gasteiger partial charge in [0.2, 0.25) is 5.75 Å². The molecule has 0 aromatic heterocycles. The van der Waals surface area contributed by atoms with E-state index in [0.717, 1.165) is 49.5 Å². The minimum absolute atomic E-state index is 0.254. The van der Waals surface area contributed by atoms with Gasteiger partial charge in [0, 0.05) is 38.4 Å². The zero-order valence-corrected chi connectivity index (χ0v) is 20.4. The Morgan fingerprint density at radius 2 is 1.52 bits per heavy atom. The quantitative estimate of drug-likeness (QED) is 0.460. The standard InChI is InChI=1S/C24H31N3O5S/c1-29-20-13-18(14-21(30-2)23(20)32-4)16-26-9-11-27(12-10-26)24(33)25-19-7-5-17(6-8-19)15-22(28)31-3/h5-8,13-14H,9-12,15-16H2,1-4H3,(H,25,33). The van der Waals surface area contributed by atoms with Gasteiger partial charge in [-0.2, -0.15) is 0 Å². The molecule has 3 rings (SSSR count). The third kappa shape index (κ3) is 6.49. The van der Waals surface area contributed by atoms with Gasteiger partial charge in [-0.05, 0) is 47.6 Å². The van der Waals surface area contributed by atoms with E-state index in [1.54, 1.807) is 21.3 Å². The average Bonchev–Trinajstić information content (AvgIpc) is 2.84. The molecule has 1 heterocycles. The van der Waals surface area contributed by atoms with Gasteiger partial charge in [-0.25, -0.2) is 0 Å². The van der Waals surface area contributed by atoms with Crippen molar-refractivity contribution in [2.45, 2.75) is 13.0 Å². The van der Waals surface area contributed by atoms with Crippen LogP contribution in [0.15, 0.2) is 36.4 Å². The minimum atomic E-state index is -0.254. The molecule has 0 spiro atoms.